The lowest BCUT2D eigenvalue weighted by molar-refractivity contribution is -0.130. The van der Waals surface area contributed by atoms with Crippen molar-refractivity contribution in [1.82, 2.24) is 14.5 Å². The molecule has 2 aromatic rings. The first-order valence-corrected chi connectivity index (χ1v) is 9.22. The number of aromatic nitrogens is 2. The number of rotatable bonds is 4. The number of hydrogen-bond donors (Lipinski definition) is 1. The first kappa shape index (κ1) is 17.0. The van der Waals surface area contributed by atoms with Crippen molar-refractivity contribution < 1.29 is 9.90 Å². The zero-order chi connectivity index (χ0) is 17.1. The lowest BCUT2D eigenvalue weighted by Gasteiger charge is -2.29. The van der Waals surface area contributed by atoms with Crippen LogP contribution in [-0.4, -0.2) is 50.4 Å². The topological polar surface area (TPSA) is 58.4 Å². The largest absolute Gasteiger partial charge is 0.393 e. The number of carbonyl (C=O) groups is 1. The van der Waals surface area contributed by atoms with Crippen LogP contribution in [0.2, 0.25) is 0 Å². The third-order valence-electron chi connectivity index (χ3n) is 4.23. The molecule has 0 bridgehead atoms. The number of aliphatic hydroxyl groups is 1. The lowest BCUT2D eigenvalue weighted by Crippen LogP contribution is -2.40. The molecule has 3 rings (SSSR count). The highest BCUT2D eigenvalue weighted by Crippen LogP contribution is 2.23. The predicted molar refractivity (Wildman–Crippen MR) is 95.6 cm³/mol. The van der Waals surface area contributed by atoms with E-state index in [0.717, 1.165) is 10.8 Å². The van der Waals surface area contributed by atoms with Gasteiger partial charge in [-0.25, -0.2) is 4.98 Å². The molecule has 0 saturated carbocycles. The van der Waals surface area contributed by atoms with Gasteiger partial charge in [0.25, 0.3) is 0 Å². The van der Waals surface area contributed by atoms with E-state index >= 15 is 0 Å². The summed E-state index contributed by atoms with van der Waals surface area (Å²) in [4.78, 5) is 18.6. The molecule has 1 aromatic carbocycles. The Morgan fingerprint density at radius 3 is 2.58 bits per heavy atom. The summed E-state index contributed by atoms with van der Waals surface area (Å²) in [5, 5.41) is 10.4. The summed E-state index contributed by atoms with van der Waals surface area (Å²) in [6, 6.07) is 6.38. The SMILES string of the molecule is Cc1cc(C)cc(-n2ccnc2SCC(=O)N2CCC(O)CC2)c1. The molecule has 6 heteroatoms. The van der Waals surface area contributed by atoms with Gasteiger partial charge in [-0.3, -0.25) is 9.36 Å². The highest BCUT2D eigenvalue weighted by molar-refractivity contribution is 7.99. The number of likely N-dealkylation sites (tertiary alicyclic amines) is 1. The molecule has 0 radical (unpaired) electrons. The van der Waals surface area contributed by atoms with E-state index in [-0.39, 0.29) is 12.0 Å². The molecule has 1 aliphatic rings. The molecule has 1 aromatic heterocycles. The molecule has 0 unspecified atom stereocenters. The quantitative estimate of drug-likeness (QED) is 0.865. The summed E-state index contributed by atoms with van der Waals surface area (Å²) in [7, 11) is 0. The van der Waals surface area contributed by atoms with E-state index in [1.54, 1.807) is 6.20 Å². The molecule has 1 aliphatic heterocycles. The zero-order valence-electron chi connectivity index (χ0n) is 14.1. The minimum Gasteiger partial charge on any atom is -0.393 e. The average molecular weight is 345 g/mol. The van der Waals surface area contributed by atoms with Gasteiger partial charge in [0.15, 0.2) is 5.16 Å². The predicted octanol–water partition coefficient (Wildman–Crippen LogP) is 2.56. The second-order valence-electron chi connectivity index (χ2n) is 6.33. The minimum atomic E-state index is -0.259. The molecule has 0 spiro atoms. The van der Waals surface area contributed by atoms with Gasteiger partial charge in [0.2, 0.25) is 5.91 Å². The van der Waals surface area contributed by atoms with Gasteiger partial charge in [-0.15, -0.1) is 0 Å². The Hall–Kier alpha value is -1.79. The second kappa shape index (κ2) is 7.40. The fraction of sp³-hybridized carbons (Fsp3) is 0.444. The Kier molecular flexibility index (Phi) is 5.26. The number of nitrogens with zero attached hydrogens (tertiary/aromatic N) is 3. The van der Waals surface area contributed by atoms with Gasteiger partial charge in [0.1, 0.15) is 0 Å². The first-order valence-electron chi connectivity index (χ1n) is 8.23. The van der Waals surface area contributed by atoms with Crippen molar-refractivity contribution >= 4 is 17.7 Å². The Bertz CT molecular complexity index is 701. The molecule has 128 valence electrons. The Morgan fingerprint density at radius 2 is 1.92 bits per heavy atom. The number of piperidine rings is 1. The highest BCUT2D eigenvalue weighted by atomic mass is 32.2. The summed E-state index contributed by atoms with van der Waals surface area (Å²) in [6.45, 7) is 5.45. The fourth-order valence-corrected chi connectivity index (χ4v) is 3.89. The number of imidazole rings is 1. The highest BCUT2D eigenvalue weighted by Gasteiger charge is 2.21. The maximum atomic E-state index is 12.3. The van der Waals surface area contributed by atoms with Crippen molar-refractivity contribution in [2.24, 2.45) is 0 Å². The van der Waals surface area contributed by atoms with Crippen LogP contribution in [0, 0.1) is 13.8 Å². The van der Waals surface area contributed by atoms with Crippen LogP contribution in [-0.2, 0) is 4.79 Å². The molecule has 24 heavy (non-hydrogen) atoms. The van der Waals surface area contributed by atoms with Crippen LogP contribution in [0.5, 0.6) is 0 Å². The van der Waals surface area contributed by atoms with Gasteiger partial charge in [-0.1, -0.05) is 17.8 Å². The van der Waals surface area contributed by atoms with E-state index < -0.39 is 0 Å². The smallest absolute Gasteiger partial charge is 0.233 e. The summed E-state index contributed by atoms with van der Waals surface area (Å²) >= 11 is 1.46. The average Bonchev–Trinajstić information content (AvgIpc) is 3.01. The Morgan fingerprint density at radius 1 is 1.25 bits per heavy atom. The third-order valence-corrected chi connectivity index (χ3v) is 5.18. The minimum absolute atomic E-state index is 0.113. The maximum absolute atomic E-state index is 12.3. The molecule has 0 atom stereocenters. The van der Waals surface area contributed by atoms with Crippen molar-refractivity contribution in [1.29, 1.82) is 0 Å². The Labute approximate surface area is 146 Å². The molecule has 2 heterocycles. The number of aliphatic hydroxyl groups excluding tert-OH is 1. The van der Waals surface area contributed by atoms with Crippen molar-refractivity contribution in [3.63, 3.8) is 0 Å². The van der Waals surface area contributed by atoms with Crippen molar-refractivity contribution in [3.8, 4) is 5.69 Å². The van der Waals surface area contributed by atoms with Crippen molar-refractivity contribution in [2.45, 2.75) is 37.9 Å². The lowest BCUT2D eigenvalue weighted by atomic mass is 10.1. The van der Waals surface area contributed by atoms with E-state index in [1.165, 1.54) is 22.9 Å². The second-order valence-corrected chi connectivity index (χ2v) is 7.27. The van der Waals surface area contributed by atoms with Gasteiger partial charge in [0.05, 0.1) is 11.9 Å². The molecule has 1 N–H and O–H groups in total. The number of aryl methyl sites for hydroxylation is 2. The maximum Gasteiger partial charge on any atom is 0.233 e. The standard InChI is InChI=1S/C18H23N3O2S/c1-13-9-14(2)11-15(10-13)21-8-5-19-18(21)24-12-17(23)20-6-3-16(22)4-7-20/h5,8-11,16,22H,3-4,6-7,12H2,1-2H3. The molecule has 0 aliphatic carbocycles. The molecule has 1 saturated heterocycles. The number of amides is 1. The van der Waals surface area contributed by atoms with Gasteiger partial charge in [-0.05, 0) is 49.9 Å². The van der Waals surface area contributed by atoms with Gasteiger partial charge in [-0.2, -0.15) is 0 Å². The van der Waals surface area contributed by atoms with Crippen molar-refractivity contribution in [2.75, 3.05) is 18.8 Å². The normalized spacial score (nSPS) is 15.7. The number of carbonyl (C=O) groups excluding carboxylic acids is 1. The fourth-order valence-electron chi connectivity index (χ4n) is 3.02. The zero-order valence-corrected chi connectivity index (χ0v) is 14.9. The summed E-state index contributed by atoms with van der Waals surface area (Å²) in [5.74, 6) is 0.486. The number of hydrogen-bond acceptors (Lipinski definition) is 4. The van der Waals surface area contributed by atoms with Crippen LogP contribution in [0.25, 0.3) is 5.69 Å². The summed E-state index contributed by atoms with van der Waals surface area (Å²) < 4.78 is 2.03. The van der Waals surface area contributed by atoms with Crippen molar-refractivity contribution in [3.05, 3.63) is 41.7 Å². The van der Waals surface area contributed by atoms with E-state index in [1.807, 2.05) is 15.7 Å². The molecule has 5 nitrogen and oxygen atoms in total. The summed E-state index contributed by atoms with van der Waals surface area (Å²) in [6.07, 6.45) is 4.78. The van der Waals surface area contributed by atoms with E-state index in [2.05, 4.69) is 37.0 Å². The van der Waals surface area contributed by atoms with Gasteiger partial charge < -0.3 is 10.0 Å². The number of benzene rings is 1. The van der Waals surface area contributed by atoms with Gasteiger partial charge in [0, 0.05) is 31.2 Å². The van der Waals surface area contributed by atoms with E-state index in [9.17, 15) is 9.90 Å². The molecular weight excluding hydrogens is 322 g/mol. The van der Waals surface area contributed by atoms with E-state index in [0.29, 0.717) is 31.7 Å². The summed E-state index contributed by atoms with van der Waals surface area (Å²) in [5.41, 5.74) is 3.48. The first-order chi connectivity index (χ1) is 11.5. The van der Waals surface area contributed by atoms with Crippen LogP contribution in [0.15, 0.2) is 35.7 Å². The molecule has 1 fully saturated rings. The third kappa shape index (κ3) is 3.99. The molecular formula is C18H23N3O2S. The van der Waals surface area contributed by atoms with Crippen LogP contribution >= 0.6 is 11.8 Å². The van der Waals surface area contributed by atoms with Crippen LogP contribution in [0.1, 0.15) is 24.0 Å². The van der Waals surface area contributed by atoms with Crippen LogP contribution < -0.4 is 0 Å². The van der Waals surface area contributed by atoms with Gasteiger partial charge >= 0.3 is 0 Å². The van der Waals surface area contributed by atoms with Crippen LogP contribution in [0.4, 0.5) is 0 Å². The van der Waals surface area contributed by atoms with E-state index in [4.69, 9.17) is 0 Å². The van der Waals surface area contributed by atoms with Crippen LogP contribution in [0.3, 0.4) is 0 Å². The molecule has 1 amide bonds. The Balaban J connectivity index is 1.66. The monoisotopic (exact) mass is 345 g/mol. The number of thioether (sulfide) groups is 1.